The van der Waals surface area contributed by atoms with Crippen LogP contribution in [0.5, 0.6) is 0 Å². The van der Waals surface area contributed by atoms with Crippen LogP contribution in [0, 0.1) is 18.3 Å². The molecule has 0 bridgehead atoms. The van der Waals surface area contributed by atoms with E-state index in [1.165, 1.54) is 0 Å². The summed E-state index contributed by atoms with van der Waals surface area (Å²) in [6.07, 6.45) is 5.01. The van der Waals surface area contributed by atoms with Crippen LogP contribution < -0.4 is 0 Å². The Labute approximate surface area is 66.5 Å². The Kier molecular flexibility index (Phi) is 2.62. The number of nitriles is 1. The first-order valence-electron chi connectivity index (χ1n) is 3.60. The minimum Gasteiger partial charge on any atom is -0.264 e. The van der Waals surface area contributed by atoms with E-state index in [0.717, 1.165) is 17.5 Å². The molecule has 1 rings (SSSR count). The molecule has 0 unspecified atom stereocenters. The van der Waals surface area contributed by atoms with Crippen LogP contribution in [-0.4, -0.2) is 4.98 Å². The Hall–Kier alpha value is -1.36. The summed E-state index contributed by atoms with van der Waals surface area (Å²) in [5.41, 5.74) is 2.30. The molecule has 0 N–H and O–H groups in total. The molecule has 0 fully saturated rings. The van der Waals surface area contributed by atoms with Crippen LogP contribution in [0.3, 0.4) is 0 Å². The van der Waals surface area contributed by atoms with Gasteiger partial charge in [-0.3, -0.25) is 4.98 Å². The first kappa shape index (κ1) is 7.74. The van der Waals surface area contributed by atoms with E-state index in [1.807, 2.05) is 19.3 Å². The summed E-state index contributed by atoms with van der Waals surface area (Å²) in [4.78, 5) is 4.03. The zero-order chi connectivity index (χ0) is 8.10. The number of hydrogen-bond acceptors (Lipinski definition) is 2. The lowest BCUT2D eigenvalue weighted by Gasteiger charge is -1.96. The lowest BCUT2D eigenvalue weighted by atomic mass is 10.1. The standard InChI is InChI=1S/C9H10N2/c1-8-5-9(3-2-4-10)7-11-6-8/h5-7H,2-3H2,1H3. The number of hydrogen-bond donors (Lipinski definition) is 0. The van der Waals surface area contributed by atoms with Crippen molar-refractivity contribution >= 4 is 0 Å². The second-order valence-corrected chi connectivity index (χ2v) is 2.53. The summed E-state index contributed by atoms with van der Waals surface area (Å²) in [6.45, 7) is 2.00. The average molecular weight is 146 g/mol. The summed E-state index contributed by atoms with van der Waals surface area (Å²) in [5.74, 6) is 0. The van der Waals surface area contributed by atoms with E-state index in [9.17, 15) is 0 Å². The van der Waals surface area contributed by atoms with Gasteiger partial charge in [0.05, 0.1) is 6.07 Å². The molecule has 0 atom stereocenters. The SMILES string of the molecule is Cc1cncc(CCC#N)c1. The molecule has 0 spiro atoms. The molecular weight excluding hydrogens is 136 g/mol. The van der Waals surface area contributed by atoms with Gasteiger partial charge in [0.1, 0.15) is 0 Å². The molecular formula is C9H10N2. The fourth-order valence-electron chi connectivity index (χ4n) is 0.955. The Morgan fingerprint density at radius 3 is 3.00 bits per heavy atom. The largest absolute Gasteiger partial charge is 0.264 e. The van der Waals surface area contributed by atoms with Gasteiger partial charge in [-0.25, -0.2) is 0 Å². The molecule has 2 heteroatoms. The fourth-order valence-corrected chi connectivity index (χ4v) is 0.955. The van der Waals surface area contributed by atoms with E-state index in [0.29, 0.717) is 6.42 Å². The maximum absolute atomic E-state index is 8.33. The molecule has 0 saturated heterocycles. The van der Waals surface area contributed by atoms with Gasteiger partial charge in [0.25, 0.3) is 0 Å². The van der Waals surface area contributed by atoms with Gasteiger partial charge in [-0.2, -0.15) is 5.26 Å². The number of nitrogens with zero attached hydrogens (tertiary/aromatic N) is 2. The van der Waals surface area contributed by atoms with Crippen LogP contribution >= 0.6 is 0 Å². The van der Waals surface area contributed by atoms with Crippen molar-refractivity contribution in [2.24, 2.45) is 0 Å². The second kappa shape index (κ2) is 3.72. The molecule has 0 aromatic carbocycles. The van der Waals surface area contributed by atoms with E-state index in [1.54, 1.807) is 0 Å². The Morgan fingerprint density at radius 2 is 2.36 bits per heavy atom. The third-order valence-corrected chi connectivity index (χ3v) is 1.46. The van der Waals surface area contributed by atoms with Crippen molar-refractivity contribution in [1.29, 1.82) is 5.26 Å². The molecule has 0 aliphatic rings. The van der Waals surface area contributed by atoms with Crippen molar-refractivity contribution in [3.63, 3.8) is 0 Å². The number of pyridine rings is 1. The van der Waals surface area contributed by atoms with Gasteiger partial charge >= 0.3 is 0 Å². The van der Waals surface area contributed by atoms with Gasteiger partial charge in [-0.15, -0.1) is 0 Å². The summed E-state index contributed by atoms with van der Waals surface area (Å²) >= 11 is 0. The van der Waals surface area contributed by atoms with Gasteiger partial charge in [-0.1, -0.05) is 6.07 Å². The molecule has 0 saturated carbocycles. The molecule has 56 valence electrons. The van der Waals surface area contributed by atoms with Crippen LogP contribution in [0.1, 0.15) is 17.5 Å². The van der Waals surface area contributed by atoms with Crippen molar-refractivity contribution < 1.29 is 0 Å². The van der Waals surface area contributed by atoms with Crippen LogP contribution in [0.2, 0.25) is 0 Å². The van der Waals surface area contributed by atoms with Gasteiger partial charge < -0.3 is 0 Å². The van der Waals surface area contributed by atoms with E-state index < -0.39 is 0 Å². The molecule has 1 heterocycles. The monoisotopic (exact) mass is 146 g/mol. The van der Waals surface area contributed by atoms with Crippen molar-refractivity contribution in [2.75, 3.05) is 0 Å². The Bertz CT molecular complexity index is 273. The van der Waals surface area contributed by atoms with Gasteiger partial charge in [0, 0.05) is 18.8 Å². The van der Waals surface area contributed by atoms with Crippen molar-refractivity contribution in [3.8, 4) is 6.07 Å². The minimum atomic E-state index is 0.575. The van der Waals surface area contributed by atoms with E-state index >= 15 is 0 Å². The first-order valence-corrected chi connectivity index (χ1v) is 3.60. The zero-order valence-electron chi connectivity index (χ0n) is 6.54. The van der Waals surface area contributed by atoms with E-state index in [2.05, 4.69) is 17.1 Å². The molecule has 0 amide bonds. The summed E-state index contributed by atoms with van der Waals surface area (Å²) in [6, 6.07) is 4.17. The third-order valence-electron chi connectivity index (χ3n) is 1.46. The topological polar surface area (TPSA) is 36.7 Å². The highest BCUT2D eigenvalue weighted by atomic mass is 14.6. The normalized spacial score (nSPS) is 9.09. The third kappa shape index (κ3) is 2.38. The van der Waals surface area contributed by atoms with Crippen LogP contribution in [-0.2, 0) is 6.42 Å². The van der Waals surface area contributed by atoms with Crippen LogP contribution in [0.25, 0.3) is 0 Å². The summed E-state index contributed by atoms with van der Waals surface area (Å²) in [7, 11) is 0. The predicted molar refractivity (Wildman–Crippen MR) is 42.9 cm³/mol. The molecule has 0 radical (unpaired) electrons. The highest BCUT2D eigenvalue weighted by Crippen LogP contribution is 2.03. The molecule has 0 aliphatic carbocycles. The maximum Gasteiger partial charge on any atom is 0.0625 e. The number of aryl methyl sites for hydroxylation is 2. The quantitative estimate of drug-likeness (QED) is 0.638. The van der Waals surface area contributed by atoms with Gasteiger partial charge in [-0.05, 0) is 24.5 Å². The lowest BCUT2D eigenvalue weighted by molar-refractivity contribution is 0.991. The van der Waals surface area contributed by atoms with E-state index in [-0.39, 0.29) is 0 Å². The zero-order valence-corrected chi connectivity index (χ0v) is 6.54. The van der Waals surface area contributed by atoms with Crippen LogP contribution in [0.4, 0.5) is 0 Å². The van der Waals surface area contributed by atoms with Gasteiger partial charge in [0.2, 0.25) is 0 Å². The van der Waals surface area contributed by atoms with E-state index in [4.69, 9.17) is 5.26 Å². The molecule has 2 nitrogen and oxygen atoms in total. The first-order chi connectivity index (χ1) is 5.33. The summed E-state index contributed by atoms with van der Waals surface area (Å²) < 4.78 is 0. The molecule has 1 aromatic rings. The highest BCUT2D eigenvalue weighted by molar-refractivity contribution is 5.17. The Balaban J connectivity index is 2.65. The predicted octanol–water partition coefficient (Wildman–Crippen LogP) is 1.85. The molecule has 1 aromatic heterocycles. The number of aromatic nitrogens is 1. The Morgan fingerprint density at radius 1 is 1.55 bits per heavy atom. The van der Waals surface area contributed by atoms with Gasteiger partial charge in [0.15, 0.2) is 0 Å². The van der Waals surface area contributed by atoms with Crippen molar-refractivity contribution in [2.45, 2.75) is 19.8 Å². The molecule has 0 aliphatic heterocycles. The fraction of sp³-hybridized carbons (Fsp3) is 0.333. The van der Waals surface area contributed by atoms with Crippen molar-refractivity contribution in [3.05, 3.63) is 29.6 Å². The van der Waals surface area contributed by atoms with Crippen molar-refractivity contribution in [1.82, 2.24) is 4.98 Å². The van der Waals surface area contributed by atoms with Crippen LogP contribution in [0.15, 0.2) is 18.5 Å². The smallest absolute Gasteiger partial charge is 0.0625 e. The molecule has 11 heavy (non-hydrogen) atoms. The minimum absolute atomic E-state index is 0.575. The highest BCUT2D eigenvalue weighted by Gasteiger charge is 1.92. The summed E-state index contributed by atoms with van der Waals surface area (Å²) in [5, 5.41) is 8.33. The lowest BCUT2D eigenvalue weighted by Crippen LogP contribution is -1.86. The maximum atomic E-state index is 8.33. The average Bonchev–Trinajstić information content (AvgIpc) is 2.01. The number of rotatable bonds is 2. The second-order valence-electron chi connectivity index (χ2n) is 2.53.